The van der Waals surface area contributed by atoms with E-state index in [1.54, 1.807) is 12.1 Å². The Bertz CT molecular complexity index is 847. The van der Waals surface area contributed by atoms with E-state index in [1.165, 1.54) is 12.1 Å². The van der Waals surface area contributed by atoms with Crippen molar-refractivity contribution in [2.24, 2.45) is 0 Å². The molecule has 0 spiro atoms. The summed E-state index contributed by atoms with van der Waals surface area (Å²) in [6, 6.07) is 15.3. The van der Waals surface area contributed by atoms with Crippen LogP contribution >= 0.6 is 0 Å². The molecule has 0 fully saturated rings. The number of hydrogen-bond acceptors (Lipinski definition) is 3. The van der Waals surface area contributed by atoms with E-state index in [9.17, 15) is 20.1 Å². The minimum Gasteiger partial charge on any atom is -0.504 e. The lowest BCUT2D eigenvalue weighted by Crippen LogP contribution is -2.00. The van der Waals surface area contributed by atoms with Gasteiger partial charge in [0.15, 0.2) is 11.5 Å². The molecule has 3 N–H and O–H groups in total. The molecule has 3 aromatic rings. The van der Waals surface area contributed by atoms with Gasteiger partial charge in [0.2, 0.25) is 0 Å². The molecular weight excluding hydrogens is 268 g/mol. The second-order valence-corrected chi connectivity index (χ2v) is 4.69. The van der Waals surface area contributed by atoms with Crippen LogP contribution in [-0.2, 0) is 0 Å². The number of hydrogen-bond donors (Lipinski definition) is 3. The number of aromatic carboxylic acids is 1. The van der Waals surface area contributed by atoms with Crippen LogP contribution in [0.5, 0.6) is 11.5 Å². The van der Waals surface area contributed by atoms with Gasteiger partial charge < -0.3 is 15.3 Å². The van der Waals surface area contributed by atoms with Crippen molar-refractivity contribution >= 4 is 16.7 Å². The molecule has 0 aliphatic rings. The highest BCUT2D eigenvalue weighted by atomic mass is 16.4. The number of phenols is 2. The summed E-state index contributed by atoms with van der Waals surface area (Å²) in [5, 5.41) is 30.9. The monoisotopic (exact) mass is 280 g/mol. The number of fused-ring (bicyclic) bond motifs is 1. The first-order valence-electron chi connectivity index (χ1n) is 6.36. The SMILES string of the molecule is O=C(O)c1ccc(O)c(O)c1-c1cccc2ccccc12. The zero-order chi connectivity index (χ0) is 15.0. The van der Waals surface area contributed by atoms with E-state index in [4.69, 9.17) is 0 Å². The van der Waals surface area contributed by atoms with Crippen LogP contribution in [-0.4, -0.2) is 21.3 Å². The zero-order valence-corrected chi connectivity index (χ0v) is 10.9. The minimum atomic E-state index is -1.16. The van der Waals surface area contributed by atoms with Crippen LogP contribution in [0, 0.1) is 0 Å². The highest BCUT2D eigenvalue weighted by molar-refractivity contribution is 6.05. The first-order valence-corrected chi connectivity index (χ1v) is 6.36. The van der Waals surface area contributed by atoms with Crippen molar-refractivity contribution in [1.82, 2.24) is 0 Å². The molecule has 3 rings (SSSR count). The molecule has 0 amide bonds. The van der Waals surface area contributed by atoms with Crippen molar-refractivity contribution in [3.05, 3.63) is 60.2 Å². The second kappa shape index (κ2) is 4.83. The zero-order valence-electron chi connectivity index (χ0n) is 10.9. The van der Waals surface area contributed by atoms with E-state index in [2.05, 4.69) is 0 Å². The lowest BCUT2D eigenvalue weighted by molar-refractivity contribution is 0.0697. The van der Waals surface area contributed by atoms with Gasteiger partial charge in [-0.3, -0.25) is 0 Å². The molecule has 0 aliphatic heterocycles. The molecule has 0 aliphatic carbocycles. The number of carbonyl (C=O) groups is 1. The quantitative estimate of drug-likeness (QED) is 0.626. The molecule has 4 heteroatoms. The summed E-state index contributed by atoms with van der Waals surface area (Å²) >= 11 is 0. The Hall–Kier alpha value is -3.01. The fourth-order valence-electron chi connectivity index (χ4n) is 2.47. The summed E-state index contributed by atoms with van der Waals surface area (Å²) in [6.45, 7) is 0. The van der Waals surface area contributed by atoms with E-state index in [1.807, 2.05) is 30.3 Å². The molecule has 0 saturated carbocycles. The molecule has 104 valence electrons. The van der Waals surface area contributed by atoms with E-state index < -0.39 is 11.7 Å². The van der Waals surface area contributed by atoms with E-state index in [0.29, 0.717) is 5.56 Å². The van der Waals surface area contributed by atoms with Crippen LogP contribution in [0.25, 0.3) is 21.9 Å². The van der Waals surface area contributed by atoms with Crippen LogP contribution in [0.15, 0.2) is 54.6 Å². The fraction of sp³-hybridized carbons (Fsp3) is 0. The Morgan fingerprint density at radius 1 is 0.857 bits per heavy atom. The third-order valence-corrected chi connectivity index (χ3v) is 3.45. The molecular formula is C17H12O4. The molecule has 0 saturated heterocycles. The summed E-state index contributed by atoms with van der Waals surface area (Å²) < 4.78 is 0. The summed E-state index contributed by atoms with van der Waals surface area (Å²) in [5.41, 5.74) is 0.639. The number of phenolic OH excluding ortho intramolecular Hbond substituents is 2. The Morgan fingerprint density at radius 3 is 2.33 bits per heavy atom. The first-order chi connectivity index (χ1) is 10.1. The molecule has 0 heterocycles. The normalized spacial score (nSPS) is 10.7. The minimum absolute atomic E-state index is 0.0540. The van der Waals surface area contributed by atoms with Gasteiger partial charge in [0.05, 0.1) is 5.56 Å². The molecule has 0 bridgehead atoms. The predicted molar refractivity (Wildman–Crippen MR) is 79.7 cm³/mol. The van der Waals surface area contributed by atoms with Crippen molar-refractivity contribution < 1.29 is 20.1 Å². The van der Waals surface area contributed by atoms with Crippen molar-refractivity contribution in [3.63, 3.8) is 0 Å². The van der Waals surface area contributed by atoms with Gasteiger partial charge in [-0.25, -0.2) is 4.79 Å². The summed E-state index contributed by atoms with van der Waals surface area (Å²) in [4.78, 5) is 11.4. The average molecular weight is 280 g/mol. The summed E-state index contributed by atoms with van der Waals surface area (Å²) in [7, 11) is 0. The lowest BCUT2D eigenvalue weighted by atomic mass is 9.93. The molecule has 0 radical (unpaired) electrons. The van der Waals surface area contributed by atoms with E-state index in [-0.39, 0.29) is 16.9 Å². The van der Waals surface area contributed by atoms with E-state index in [0.717, 1.165) is 10.8 Å². The Balaban J connectivity index is 2.43. The molecule has 21 heavy (non-hydrogen) atoms. The van der Waals surface area contributed by atoms with Crippen LogP contribution < -0.4 is 0 Å². The van der Waals surface area contributed by atoms with Crippen molar-refractivity contribution in [2.75, 3.05) is 0 Å². The number of carboxylic acid groups (broad SMARTS) is 1. The van der Waals surface area contributed by atoms with E-state index >= 15 is 0 Å². The fourth-order valence-corrected chi connectivity index (χ4v) is 2.47. The molecule has 4 nitrogen and oxygen atoms in total. The highest BCUT2D eigenvalue weighted by Crippen LogP contribution is 2.41. The number of carboxylic acids is 1. The van der Waals surface area contributed by atoms with Crippen LogP contribution in [0.3, 0.4) is 0 Å². The Kier molecular flexibility index (Phi) is 2.99. The smallest absolute Gasteiger partial charge is 0.336 e. The van der Waals surface area contributed by atoms with Gasteiger partial charge in [-0.1, -0.05) is 42.5 Å². The van der Waals surface area contributed by atoms with Gasteiger partial charge >= 0.3 is 5.97 Å². The summed E-state index contributed by atoms with van der Waals surface area (Å²) in [5.74, 6) is -1.93. The van der Waals surface area contributed by atoms with Gasteiger partial charge in [-0.2, -0.15) is 0 Å². The topological polar surface area (TPSA) is 77.8 Å². The van der Waals surface area contributed by atoms with Gasteiger partial charge in [0.25, 0.3) is 0 Å². The maximum atomic E-state index is 11.4. The number of benzene rings is 3. The first kappa shape index (κ1) is 13.0. The molecule has 0 aromatic heterocycles. The predicted octanol–water partition coefficient (Wildman–Crippen LogP) is 3.62. The Labute approximate surface area is 120 Å². The second-order valence-electron chi connectivity index (χ2n) is 4.69. The third kappa shape index (κ3) is 2.07. The largest absolute Gasteiger partial charge is 0.504 e. The van der Waals surface area contributed by atoms with Crippen LogP contribution in [0.2, 0.25) is 0 Å². The van der Waals surface area contributed by atoms with Gasteiger partial charge in [0.1, 0.15) is 0 Å². The lowest BCUT2D eigenvalue weighted by Gasteiger charge is -2.12. The summed E-state index contributed by atoms with van der Waals surface area (Å²) in [6.07, 6.45) is 0. The van der Waals surface area contributed by atoms with Gasteiger partial charge in [-0.15, -0.1) is 0 Å². The maximum Gasteiger partial charge on any atom is 0.336 e. The van der Waals surface area contributed by atoms with Crippen LogP contribution in [0.4, 0.5) is 0 Å². The van der Waals surface area contributed by atoms with Crippen molar-refractivity contribution in [3.8, 4) is 22.6 Å². The Morgan fingerprint density at radius 2 is 1.57 bits per heavy atom. The average Bonchev–Trinajstić information content (AvgIpc) is 2.49. The molecule has 0 unspecified atom stereocenters. The standard InChI is InChI=1S/C17H12O4/c18-14-9-8-13(17(20)21)15(16(14)19)12-7-3-5-10-4-1-2-6-11(10)12/h1-9,18-19H,(H,20,21). The number of rotatable bonds is 2. The van der Waals surface area contributed by atoms with Crippen molar-refractivity contribution in [2.45, 2.75) is 0 Å². The van der Waals surface area contributed by atoms with Gasteiger partial charge in [0, 0.05) is 5.56 Å². The molecule has 0 atom stereocenters. The van der Waals surface area contributed by atoms with Crippen LogP contribution in [0.1, 0.15) is 10.4 Å². The maximum absolute atomic E-state index is 11.4. The molecule has 3 aromatic carbocycles. The number of aromatic hydroxyl groups is 2. The van der Waals surface area contributed by atoms with Gasteiger partial charge in [-0.05, 0) is 28.5 Å². The third-order valence-electron chi connectivity index (χ3n) is 3.45. The highest BCUT2D eigenvalue weighted by Gasteiger charge is 2.20. The van der Waals surface area contributed by atoms with Crippen molar-refractivity contribution in [1.29, 1.82) is 0 Å².